The summed E-state index contributed by atoms with van der Waals surface area (Å²) in [6.45, 7) is 0. The third-order valence-corrected chi connectivity index (χ3v) is 1.29. The maximum absolute atomic E-state index is 10.0. The van der Waals surface area contributed by atoms with Crippen LogP contribution >= 0.6 is 23.2 Å². The molecule has 5 heteroatoms. The summed E-state index contributed by atoms with van der Waals surface area (Å²) in [5.41, 5.74) is 0.117. The Morgan fingerprint density at radius 1 is 1.50 bits per heavy atom. The highest BCUT2D eigenvalue weighted by atomic mass is 35.5. The molecule has 0 amide bonds. The van der Waals surface area contributed by atoms with Crippen molar-refractivity contribution < 1.29 is 4.79 Å². The normalized spacial score (nSPS) is 9.40. The van der Waals surface area contributed by atoms with Gasteiger partial charge in [-0.15, -0.1) is 0 Å². The van der Waals surface area contributed by atoms with Crippen LogP contribution < -0.4 is 0 Å². The Labute approximate surface area is 67.0 Å². The van der Waals surface area contributed by atoms with Crippen LogP contribution in [0.5, 0.6) is 0 Å². The number of aromatic nitrogens is 2. The number of hydrogen-bond donors (Lipinski definition) is 0. The van der Waals surface area contributed by atoms with Gasteiger partial charge >= 0.3 is 0 Å². The fourth-order valence-corrected chi connectivity index (χ4v) is 0.754. The number of nitrogens with zero attached hydrogens (tertiary/aromatic N) is 2. The fourth-order valence-electron chi connectivity index (χ4n) is 0.410. The first-order valence-electron chi connectivity index (χ1n) is 2.30. The Hall–Kier alpha value is -0.670. The van der Waals surface area contributed by atoms with Crippen LogP contribution in [0.1, 0.15) is 5.56 Å². The summed E-state index contributed by atoms with van der Waals surface area (Å²) in [5, 5.41) is 0.0407. The second kappa shape index (κ2) is 2.94. The number of rotatable bonds is 1. The van der Waals surface area contributed by atoms with Crippen molar-refractivity contribution in [2.75, 3.05) is 0 Å². The average molecular weight is 176 g/mol. The van der Waals surface area contributed by atoms with Crippen molar-refractivity contribution in [3.05, 3.63) is 22.2 Å². The van der Waals surface area contributed by atoms with Crippen molar-refractivity contribution in [1.82, 2.24) is 9.97 Å². The molecule has 10 heavy (non-hydrogen) atoms. The molecule has 1 rings (SSSR count). The molecule has 0 aromatic carbocycles. The Bertz CT molecular complexity index is 264. The minimum atomic E-state index is 0.0176. The number of halogens is 2. The highest BCUT2D eigenvalue weighted by Crippen LogP contribution is 2.11. The standard InChI is InChI=1S/C5HCl2N2O/c6-4-3(2-10)1-8-5(7)9-4/h1H. The molecular weight excluding hydrogens is 175 g/mol. The maximum Gasteiger partial charge on any atom is 0.238 e. The molecule has 1 radical (unpaired) electrons. The van der Waals surface area contributed by atoms with Gasteiger partial charge in [0.25, 0.3) is 0 Å². The van der Waals surface area contributed by atoms with E-state index >= 15 is 0 Å². The number of hydrogen-bond acceptors (Lipinski definition) is 3. The van der Waals surface area contributed by atoms with Crippen LogP contribution in [0.4, 0.5) is 0 Å². The lowest BCUT2D eigenvalue weighted by atomic mass is 10.4. The van der Waals surface area contributed by atoms with Crippen molar-refractivity contribution in [3.63, 3.8) is 0 Å². The molecule has 0 N–H and O–H groups in total. The first-order valence-corrected chi connectivity index (χ1v) is 3.06. The first kappa shape index (κ1) is 7.44. The zero-order valence-electron chi connectivity index (χ0n) is 4.64. The predicted molar refractivity (Wildman–Crippen MR) is 36.8 cm³/mol. The van der Waals surface area contributed by atoms with Gasteiger partial charge in [-0.2, -0.15) is 0 Å². The SMILES string of the molecule is O=[C]c1cnc(Cl)nc1Cl. The van der Waals surface area contributed by atoms with Crippen LogP contribution in [0.3, 0.4) is 0 Å². The van der Waals surface area contributed by atoms with E-state index in [1.165, 1.54) is 6.20 Å². The van der Waals surface area contributed by atoms with Gasteiger partial charge in [0, 0.05) is 6.20 Å². The molecule has 1 aromatic rings. The molecule has 0 saturated heterocycles. The maximum atomic E-state index is 10.0. The topological polar surface area (TPSA) is 42.9 Å². The van der Waals surface area contributed by atoms with Crippen LogP contribution in [-0.4, -0.2) is 16.3 Å². The highest BCUT2D eigenvalue weighted by molar-refractivity contribution is 6.33. The summed E-state index contributed by atoms with van der Waals surface area (Å²) in [7, 11) is 0. The molecule has 0 atom stereocenters. The molecule has 0 aliphatic rings. The molecule has 0 bridgehead atoms. The lowest BCUT2D eigenvalue weighted by molar-refractivity contribution is 0.562. The Morgan fingerprint density at radius 3 is 2.70 bits per heavy atom. The molecule has 0 aliphatic carbocycles. The second-order valence-corrected chi connectivity index (χ2v) is 2.14. The second-order valence-electron chi connectivity index (χ2n) is 1.45. The molecule has 0 fully saturated rings. The van der Waals surface area contributed by atoms with E-state index in [-0.39, 0.29) is 16.0 Å². The van der Waals surface area contributed by atoms with Gasteiger partial charge in [-0.25, -0.2) is 9.97 Å². The monoisotopic (exact) mass is 175 g/mol. The van der Waals surface area contributed by atoms with E-state index in [2.05, 4.69) is 9.97 Å². The van der Waals surface area contributed by atoms with Gasteiger partial charge in [-0.1, -0.05) is 11.6 Å². The van der Waals surface area contributed by atoms with E-state index in [4.69, 9.17) is 23.2 Å². The van der Waals surface area contributed by atoms with Gasteiger partial charge < -0.3 is 0 Å². The first-order chi connectivity index (χ1) is 4.74. The summed E-state index contributed by atoms with van der Waals surface area (Å²) in [4.78, 5) is 17.0. The van der Waals surface area contributed by atoms with Crippen LogP contribution in [0, 0.1) is 0 Å². The third kappa shape index (κ3) is 1.43. The van der Waals surface area contributed by atoms with Crippen LogP contribution in [0.2, 0.25) is 10.4 Å². The smallest absolute Gasteiger partial charge is 0.238 e. The minimum absolute atomic E-state index is 0.0176. The van der Waals surface area contributed by atoms with E-state index < -0.39 is 0 Å². The van der Waals surface area contributed by atoms with E-state index in [1.54, 1.807) is 6.29 Å². The highest BCUT2D eigenvalue weighted by Gasteiger charge is 2.01. The van der Waals surface area contributed by atoms with E-state index in [1.807, 2.05) is 0 Å². The van der Waals surface area contributed by atoms with Gasteiger partial charge in [0.15, 0.2) is 0 Å². The summed E-state index contributed by atoms with van der Waals surface area (Å²) in [6, 6.07) is 0. The van der Waals surface area contributed by atoms with Gasteiger partial charge in [0.2, 0.25) is 11.6 Å². The summed E-state index contributed by atoms with van der Waals surface area (Å²) >= 11 is 10.8. The fraction of sp³-hybridized carbons (Fsp3) is 0. The molecule has 3 nitrogen and oxygen atoms in total. The zero-order chi connectivity index (χ0) is 7.56. The van der Waals surface area contributed by atoms with E-state index in [0.29, 0.717) is 0 Å². The van der Waals surface area contributed by atoms with Crippen LogP contribution in [-0.2, 0) is 4.79 Å². The quantitative estimate of drug-likeness (QED) is 0.477. The Morgan fingerprint density at radius 2 is 2.20 bits per heavy atom. The van der Waals surface area contributed by atoms with Crippen LogP contribution in [0.25, 0.3) is 0 Å². The van der Waals surface area contributed by atoms with Crippen LogP contribution in [0.15, 0.2) is 6.20 Å². The van der Waals surface area contributed by atoms with Crippen molar-refractivity contribution in [3.8, 4) is 0 Å². The summed E-state index contributed by atoms with van der Waals surface area (Å²) in [6.07, 6.45) is 2.77. The molecule has 1 aromatic heterocycles. The number of carbonyl (C=O) groups excluding carboxylic acids is 1. The van der Waals surface area contributed by atoms with Gasteiger partial charge in [-0.05, 0) is 11.6 Å². The minimum Gasteiger partial charge on any atom is -0.285 e. The van der Waals surface area contributed by atoms with Crippen molar-refractivity contribution >= 4 is 29.5 Å². The Kier molecular flexibility index (Phi) is 2.19. The van der Waals surface area contributed by atoms with E-state index in [0.717, 1.165) is 0 Å². The van der Waals surface area contributed by atoms with Crippen molar-refractivity contribution in [2.24, 2.45) is 0 Å². The predicted octanol–water partition coefficient (Wildman–Crippen LogP) is 1.24. The van der Waals surface area contributed by atoms with Gasteiger partial charge in [0.1, 0.15) is 5.15 Å². The van der Waals surface area contributed by atoms with Gasteiger partial charge in [0.05, 0.1) is 5.56 Å². The zero-order valence-corrected chi connectivity index (χ0v) is 6.15. The van der Waals surface area contributed by atoms with Crippen molar-refractivity contribution in [1.29, 1.82) is 0 Å². The summed E-state index contributed by atoms with van der Waals surface area (Å²) < 4.78 is 0. The molecule has 0 spiro atoms. The third-order valence-electron chi connectivity index (χ3n) is 0.823. The van der Waals surface area contributed by atoms with E-state index in [9.17, 15) is 4.79 Å². The largest absolute Gasteiger partial charge is 0.285 e. The lowest BCUT2D eigenvalue weighted by Crippen LogP contribution is -1.89. The molecular formula is C5HCl2N2O. The molecule has 1 heterocycles. The molecule has 0 unspecified atom stereocenters. The molecule has 51 valence electrons. The summed E-state index contributed by atoms with van der Waals surface area (Å²) in [5.74, 6) is 0. The average Bonchev–Trinajstić information content (AvgIpc) is 1.88. The molecule has 0 aliphatic heterocycles. The lowest BCUT2D eigenvalue weighted by Gasteiger charge is -1.91. The van der Waals surface area contributed by atoms with Crippen molar-refractivity contribution in [2.45, 2.75) is 0 Å². The molecule has 0 saturated carbocycles. The van der Waals surface area contributed by atoms with Gasteiger partial charge in [-0.3, -0.25) is 4.79 Å². The Balaban J connectivity index is 3.19.